The van der Waals surface area contributed by atoms with Gasteiger partial charge in [-0.25, -0.2) is 9.98 Å². The molecule has 1 aliphatic rings. The Morgan fingerprint density at radius 1 is 1.37 bits per heavy atom. The highest BCUT2D eigenvalue weighted by atomic mass is 32.1. The lowest BCUT2D eigenvalue weighted by molar-refractivity contribution is -0.122. The summed E-state index contributed by atoms with van der Waals surface area (Å²) in [6.45, 7) is 8.03. The molecule has 0 saturated carbocycles. The molecule has 0 spiro atoms. The minimum absolute atomic E-state index is 0.0267. The molecule has 0 aromatic carbocycles. The number of nitrogens with zero attached hydrogens (tertiary/aromatic N) is 3. The number of thiophene rings is 1. The minimum Gasteiger partial charge on any atom is -0.369 e. The maximum atomic E-state index is 11.4. The second-order valence-electron chi connectivity index (χ2n) is 7.68. The van der Waals surface area contributed by atoms with E-state index in [2.05, 4.69) is 57.3 Å². The van der Waals surface area contributed by atoms with E-state index in [1.54, 1.807) is 11.3 Å². The summed E-state index contributed by atoms with van der Waals surface area (Å²) in [4.78, 5) is 23.1. The van der Waals surface area contributed by atoms with Crippen LogP contribution in [-0.4, -0.2) is 43.0 Å². The summed E-state index contributed by atoms with van der Waals surface area (Å²) in [5.41, 5.74) is 7.89. The van der Waals surface area contributed by atoms with Crippen molar-refractivity contribution in [1.82, 2.24) is 15.6 Å². The zero-order valence-corrected chi connectivity index (χ0v) is 18.6. The topological polar surface area (TPSA) is 95.6 Å². The number of carbonyl (C=O) groups is 1. The number of guanidine groups is 1. The Hall–Kier alpha value is -2.61. The van der Waals surface area contributed by atoms with E-state index in [4.69, 9.17) is 10.7 Å². The van der Waals surface area contributed by atoms with Crippen LogP contribution in [-0.2, 0) is 11.3 Å². The van der Waals surface area contributed by atoms with Crippen molar-refractivity contribution >= 4 is 29.0 Å². The van der Waals surface area contributed by atoms with Crippen LogP contribution in [0.25, 0.3) is 0 Å². The van der Waals surface area contributed by atoms with Gasteiger partial charge in [0.15, 0.2) is 5.96 Å². The van der Waals surface area contributed by atoms with Gasteiger partial charge in [-0.15, -0.1) is 0 Å². The van der Waals surface area contributed by atoms with Crippen LogP contribution < -0.4 is 21.3 Å². The van der Waals surface area contributed by atoms with Crippen LogP contribution in [0.1, 0.15) is 43.7 Å². The summed E-state index contributed by atoms with van der Waals surface area (Å²) in [5.74, 6) is 1.95. The maximum absolute atomic E-state index is 11.4. The SMILES string of the molecule is CCNC(=NCc1cccnc1N1CCC(C(N)=O)CC1)NCC(C)c1ccsc1. The summed E-state index contributed by atoms with van der Waals surface area (Å²) in [6.07, 6.45) is 3.37. The summed E-state index contributed by atoms with van der Waals surface area (Å²) in [5, 5.41) is 11.1. The lowest BCUT2D eigenvalue weighted by Crippen LogP contribution is -2.40. The summed E-state index contributed by atoms with van der Waals surface area (Å²) in [7, 11) is 0. The van der Waals surface area contributed by atoms with E-state index in [1.165, 1.54) is 5.56 Å². The number of aliphatic imine (C=N–C) groups is 1. The number of aromatic nitrogens is 1. The third-order valence-electron chi connectivity index (χ3n) is 5.50. The second kappa shape index (κ2) is 11.0. The van der Waals surface area contributed by atoms with E-state index < -0.39 is 0 Å². The van der Waals surface area contributed by atoms with Crippen molar-refractivity contribution in [2.45, 2.75) is 39.2 Å². The Morgan fingerprint density at radius 2 is 2.17 bits per heavy atom. The molecule has 0 bridgehead atoms. The molecule has 8 heteroatoms. The Kier molecular flexibility index (Phi) is 8.07. The monoisotopic (exact) mass is 428 g/mol. The van der Waals surface area contributed by atoms with Gasteiger partial charge in [-0.2, -0.15) is 11.3 Å². The van der Waals surface area contributed by atoms with Crippen LogP contribution in [0.3, 0.4) is 0 Å². The molecule has 0 aliphatic carbocycles. The molecule has 162 valence electrons. The first-order valence-corrected chi connectivity index (χ1v) is 11.5. The molecular formula is C22H32N6OS. The highest BCUT2D eigenvalue weighted by Gasteiger charge is 2.24. The molecule has 3 rings (SSSR count). The number of anilines is 1. The molecule has 7 nitrogen and oxygen atoms in total. The number of nitrogens with two attached hydrogens (primary N) is 1. The Balaban J connectivity index is 1.63. The molecule has 0 radical (unpaired) electrons. The van der Waals surface area contributed by atoms with E-state index in [-0.39, 0.29) is 11.8 Å². The fraction of sp³-hybridized carbons (Fsp3) is 0.500. The molecule has 1 aliphatic heterocycles. The number of hydrogen-bond acceptors (Lipinski definition) is 5. The summed E-state index contributed by atoms with van der Waals surface area (Å²) < 4.78 is 0. The van der Waals surface area contributed by atoms with Crippen molar-refractivity contribution < 1.29 is 4.79 Å². The van der Waals surface area contributed by atoms with E-state index in [9.17, 15) is 4.79 Å². The van der Waals surface area contributed by atoms with E-state index in [0.29, 0.717) is 12.5 Å². The van der Waals surface area contributed by atoms with Crippen molar-refractivity contribution in [3.8, 4) is 0 Å². The third kappa shape index (κ3) is 5.95. The number of pyridine rings is 1. The quantitative estimate of drug-likeness (QED) is 0.444. The molecule has 1 saturated heterocycles. The maximum Gasteiger partial charge on any atom is 0.220 e. The summed E-state index contributed by atoms with van der Waals surface area (Å²) >= 11 is 1.73. The van der Waals surface area contributed by atoms with Crippen LogP contribution >= 0.6 is 11.3 Å². The first-order valence-electron chi connectivity index (χ1n) is 10.6. The van der Waals surface area contributed by atoms with Gasteiger partial charge in [-0.3, -0.25) is 4.79 Å². The molecule has 4 N–H and O–H groups in total. The molecular weight excluding hydrogens is 396 g/mol. The number of rotatable bonds is 8. The average Bonchev–Trinajstić information content (AvgIpc) is 3.31. The summed E-state index contributed by atoms with van der Waals surface area (Å²) in [6, 6.07) is 6.19. The Bertz CT molecular complexity index is 830. The van der Waals surface area contributed by atoms with Crippen molar-refractivity contribution in [2.75, 3.05) is 31.1 Å². The highest BCUT2D eigenvalue weighted by Crippen LogP contribution is 2.25. The molecule has 1 unspecified atom stereocenters. The van der Waals surface area contributed by atoms with Crippen molar-refractivity contribution in [1.29, 1.82) is 0 Å². The highest BCUT2D eigenvalue weighted by molar-refractivity contribution is 7.07. The lowest BCUT2D eigenvalue weighted by Gasteiger charge is -2.32. The number of primary amides is 1. The van der Waals surface area contributed by atoms with Crippen molar-refractivity contribution in [3.05, 3.63) is 46.3 Å². The largest absolute Gasteiger partial charge is 0.369 e. The van der Waals surface area contributed by atoms with Crippen LogP contribution in [0, 0.1) is 5.92 Å². The van der Waals surface area contributed by atoms with Gasteiger partial charge in [0.2, 0.25) is 5.91 Å². The van der Waals surface area contributed by atoms with Gasteiger partial charge in [-0.05, 0) is 54.1 Å². The van der Waals surface area contributed by atoms with Crippen molar-refractivity contribution in [2.24, 2.45) is 16.6 Å². The van der Waals surface area contributed by atoms with E-state index in [0.717, 1.165) is 56.4 Å². The van der Waals surface area contributed by atoms with Gasteiger partial charge in [0.1, 0.15) is 5.82 Å². The number of amides is 1. The molecule has 1 atom stereocenters. The van der Waals surface area contributed by atoms with Gasteiger partial charge in [0.25, 0.3) is 0 Å². The second-order valence-corrected chi connectivity index (χ2v) is 8.46. The van der Waals surface area contributed by atoms with E-state index in [1.807, 2.05) is 12.3 Å². The fourth-order valence-corrected chi connectivity index (χ4v) is 4.43. The third-order valence-corrected chi connectivity index (χ3v) is 6.21. The molecule has 3 heterocycles. The number of carbonyl (C=O) groups excluding carboxylic acids is 1. The molecule has 30 heavy (non-hydrogen) atoms. The number of nitrogens with one attached hydrogen (secondary N) is 2. The lowest BCUT2D eigenvalue weighted by atomic mass is 9.96. The van der Waals surface area contributed by atoms with Gasteiger partial charge in [0.05, 0.1) is 6.54 Å². The number of hydrogen-bond donors (Lipinski definition) is 3. The first kappa shape index (κ1) is 22.1. The standard InChI is InChI=1S/C22H32N6OS/c1-3-24-22(26-13-16(2)19-8-12-30-15-19)27-14-18-5-4-9-25-21(18)28-10-6-17(7-11-28)20(23)29/h4-5,8-9,12,15-17H,3,6-7,10-11,13-14H2,1-2H3,(H2,23,29)(H2,24,26,27). The zero-order chi connectivity index (χ0) is 21.3. The average molecular weight is 429 g/mol. The normalized spacial score (nSPS) is 16.3. The molecule has 1 amide bonds. The van der Waals surface area contributed by atoms with Crippen LogP contribution in [0.5, 0.6) is 0 Å². The fourth-order valence-electron chi connectivity index (χ4n) is 3.64. The Labute approximate surface area is 182 Å². The van der Waals surface area contributed by atoms with Gasteiger partial charge < -0.3 is 21.3 Å². The Morgan fingerprint density at radius 3 is 2.83 bits per heavy atom. The first-order chi connectivity index (χ1) is 14.6. The predicted octanol–water partition coefficient (Wildman–Crippen LogP) is 2.70. The molecule has 2 aromatic heterocycles. The molecule has 1 fully saturated rings. The smallest absolute Gasteiger partial charge is 0.220 e. The van der Waals surface area contributed by atoms with Crippen LogP contribution in [0.15, 0.2) is 40.1 Å². The van der Waals surface area contributed by atoms with Crippen LogP contribution in [0.2, 0.25) is 0 Å². The number of piperidine rings is 1. The minimum atomic E-state index is -0.196. The predicted molar refractivity (Wildman–Crippen MR) is 124 cm³/mol. The van der Waals surface area contributed by atoms with E-state index >= 15 is 0 Å². The van der Waals surface area contributed by atoms with Gasteiger partial charge in [-0.1, -0.05) is 13.0 Å². The van der Waals surface area contributed by atoms with Gasteiger partial charge >= 0.3 is 0 Å². The van der Waals surface area contributed by atoms with Crippen LogP contribution in [0.4, 0.5) is 5.82 Å². The van der Waals surface area contributed by atoms with Crippen molar-refractivity contribution in [3.63, 3.8) is 0 Å². The molecule has 2 aromatic rings. The zero-order valence-electron chi connectivity index (χ0n) is 17.8. The van der Waals surface area contributed by atoms with Gasteiger partial charge in [0, 0.05) is 43.9 Å².